The number of fused-ring (bicyclic) bond motifs is 1. The molecule has 0 aliphatic heterocycles. The van der Waals surface area contributed by atoms with E-state index in [1.165, 1.54) is 13.0 Å². The number of nitro benzene ring substituents is 1. The lowest BCUT2D eigenvalue weighted by Gasteiger charge is -2.08. The molecular weight excluding hydrogens is 420 g/mol. The van der Waals surface area contributed by atoms with Crippen LogP contribution < -0.4 is 10.1 Å². The summed E-state index contributed by atoms with van der Waals surface area (Å²) in [4.78, 5) is 27.1. The topological polar surface area (TPSA) is 98.8 Å². The van der Waals surface area contributed by atoms with Gasteiger partial charge in [-0.25, -0.2) is 4.98 Å². The Labute approximate surface area is 190 Å². The SMILES string of the molecule is CC(=O)Nc1cccn2c(C)c(/C=C/c3ccc([N+](=O)[O-])c(OCc4ccccc4)c3)nc12. The minimum absolute atomic E-state index is 0.0908. The van der Waals surface area contributed by atoms with E-state index in [9.17, 15) is 14.9 Å². The highest BCUT2D eigenvalue weighted by Crippen LogP contribution is 2.30. The summed E-state index contributed by atoms with van der Waals surface area (Å²) >= 11 is 0. The zero-order valence-electron chi connectivity index (χ0n) is 18.2. The van der Waals surface area contributed by atoms with E-state index in [1.807, 2.05) is 66.1 Å². The second kappa shape index (κ2) is 9.35. The van der Waals surface area contributed by atoms with Crippen LogP contribution in [0.25, 0.3) is 17.8 Å². The maximum Gasteiger partial charge on any atom is 0.310 e. The van der Waals surface area contributed by atoms with Gasteiger partial charge < -0.3 is 14.5 Å². The molecule has 0 saturated carbocycles. The van der Waals surface area contributed by atoms with Crippen LogP contribution in [-0.4, -0.2) is 20.2 Å². The van der Waals surface area contributed by atoms with Crippen molar-refractivity contribution in [3.63, 3.8) is 0 Å². The lowest BCUT2D eigenvalue weighted by Crippen LogP contribution is -2.07. The predicted octanol–water partition coefficient (Wildman–Crippen LogP) is 5.26. The number of benzene rings is 2. The van der Waals surface area contributed by atoms with Gasteiger partial charge in [0.2, 0.25) is 5.91 Å². The van der Waals surface area contributed by atoms with Crippen molar-refractivity contribution in [1.82, 2.24) is 9.38 Å². The largest absolute Gasteiger partial charge is 0.482 e. The van der Waals surface area contributed by atoms with E-state index < -0.39 is 4.92 Å². The number of rotatable bonds is 7. The summed E-state index contributed by atoms with van der Waals surface area (Å²) in [6, 6.07) is 17.9. The molecule has 33 heavy (non-hydrogen) atoms. The number of hydrogen-bond acceptors (Lipinski definition) is 5. The molecule has 8 heteroatoms. The first-order chi connectivity index (χ1) is 15.9. The maximum absolute atomic E-state index is 11.5. The van der Waals surface area contributed by atoms with E-state index in [0.717, 1.165) is 22.5 Å². The second-order valence-electron chi connectivity index (χ2n) is 7.47. The number of nitrogens with zero attached hydrogens (tertiary/aromatic N) is 3. The molecule has 0 bridgehead atoms. The minimum atomic E-state index is -0.455. The highest BCUT2D eigenvalue weighted by atomic mass is 16.6. The van der Waals surface area contributed by atoms with Crippen molar-refractivity contribution in [2.24, 2.45) is 0 Å². The molecule has 4 aromatic rings. The van der Waals surface area contributed by atoms with Crippen LogP contribution in [0.5, 0.6) is 5.75 Å². The van der Waals surface area contributed by atoms with Crippen molar-refractivity contribution in [1.29, 1.82) is 0 Å². The van der Waals surface area contributed by atoms with E-state index in [1.54, 1.807) is 18.2 Å². The van der Waals surface area contributed by atoms with Gasteiger partial charge in [-0.2, -0.15) is 0 Å². The van der Waals surface area contributed by atoms with Crippen LogP contribution in [-0.2, 0) is 11.4 Å². The summed E-state index contributed by atoms with van der Waals surface area (Å²) in [5, 5.41) is 14.2. The number of aromatic nitrogens is 2. The third-order valence-corrected chi connectivity index (χ3v) is 5.09. The van der Waals surface area contributed by atoms with E-state index in [2.05, 4.69) is 10.3 Å². The smallest absolute Gasteiger partial charge is 0.310 e. The van der Waals surface area contributed by atoms with Crippen LogP contribution in [0.4, 0.5) is 11.4 Å². The fraction of sp³-hybridized carbons (Fsp3) is 0.120. The number of hydrogen-bond donors (Lipinski definition) is 1. The Morgan fingerprint density at radius 3 is 2.67 bits per heavy atom. The Bertz CT molecular complexity index is 1360. The van der Waals surface area contributed by atoms with Crippen LogP contribution in [0.3, 0.4) is 0 Å². The summed E-state index contributed by atoms with van der Waals surface area (Å²) in [6.07, 6.45) is 5.54. The highest BCUT2D eigenvalue weighted by Gasteiger charge is 2.16. The van der Waals surface area contributed by atoms with Gasteiger partial charge in [0.25, 0.3) is 0 Å². The molecule has 0 spiro atoms. The molecule has 0 radical (unpaired) electrons. The van der Waals surface area contributed by atoms with Gasteiger partial charge in [-0.15, -0.1) is 0 Å². The first-order valence-electron chi connectivity index (χ1n) is 10.3. The maximum atomic E-state index is 11.5. The van der Waals surface area contributed by atoms with Crippen molar-refractivity contribution in [3.05, 3.63) is 99.5 Å². The molecule has 2 aromatic carbocycles. The molecular formula is C25H22N4O4. The molecule has 0 unspecified atom stereocenters. The van der Waals surface area contributed by atoms with Gasteiger partial charge in [0.05, 0.1) is 16.3 Å². The Hall–Kier alpha value is -4.46. The van der Waals surface area contributed by atoms with Gasteiger partial charge >= 0.3 is 5.69 Å². The third-order valence-electron chi connectivity index (χ3n) is 5.09. The number of aryl methyl sites for hydroxylation is 1. The zero-order chi connectivity index (χ0) is 23.4. The van der Waals surface area contributed by atoms with Crippen LogP contribution in [0, 0.1) is 17.0 Å². The predicted molar refractivity (Wildman–Crippen MR) is 127 cm³/mol. The fourth-order valence-corrected chi connectivity index (χ4v) is 3.46. The second-order valence-corrected chi connectivity index (χ2v) is 7.47. The molecule has 8 nitrogen and oxygen atoms in total. The number of nitrogens with one attached hydrogen (secondary N) is 1. The van der Waals surface area contributed by atoms with Crippen molar-refractivity contribution >= 4 is 35.1 Å². The fourth-order valence-electron chi connectivity index (χ4n) is 3.46. The molecule has 166 valence electrons. The molecule has 4 rings (SSSR count). The molecule has 0 aliphatic carbocycles. The number of pyridine rings is 1. The summed E-state index contributed by atoms with van der Waals surface area (Å²) in [5.74, 6) is 0.0282. The standard InChI is InChI=1S/C25H22N4O4/c1-17-21(27-25-22(26-18(2)30)9-6-14-28(17)25)12-10-19-11-13-23(29(31)32)24(15-19)33-16-20-7-4-3-5-8-20/h3-15H,16H2,1-2H3,(H,26,30)/b12-10+. The zero-order valence-corrected chi connectivity index (χ0v) is 18.2. The lowest BCUT2D eigenvalue weighted by molar-refractivity contribution is -0.385. The quantitative estimate of drug-likeness (QED) is 0.311. The Morgan fingerprint density at radius 1 is 1.15 bits per heavy atom. The highest BCUT2D eigenvalue weighted by molar-refractivity contribution is 5.93. The Morgan fingerprint density at radius 2 is 1.94 bits per heavy atom. The van der Waals surface area contributed by atoms with Crippen molar-refractivity contribution < 1.29 is 14.5 Å². The van der Waals surface area contributed by atoms with E-state index in [4.69, 9.17) is 4.74 Å². The van der Waals surface area contributed by atoms with Crippen molar-refractivity contribution in [3.8, 4) is 5.75 Å². The summed E-state index contributed by atoms with van der Waals surface area (Å²) in [7, 11) is 0. The first kappa shape index (κ1) is 21.8. The molecule has 1 amide bonds. The van der Waals surface area contributed by atoms with E-state index >= 15 is 0 Å². The van der Waals surface area contributed by atoms with Crippen LogP contribution in [0.2, 0.25) is 0 Å². The number of nitro groups is 1. The molecule has 0 aliphatic rings. The number of ether oxygens (including phenoxy) is 1. The number of amides is 1. The van der Waals surface area contributed by atoms with Crippen molar-refractivity contribution in [2.45, 2.75) is 20.5 Å². The van der Waals surface area contributed by atoms with Crippen LogP contribution in [0.15, 0.2) is 66.9 Å². The summed E-state index contributed by atoms with van der Waals surface area (Å²) in [5.41, 5.74) is 4.45. The van der Waals surface area contributed by atoms with Gasteiger partial charge in [0.15, 0.2) is 11.4 Å². The molecule has 1 N–H and O–H groups in total. The monoisotopic (exact) mass is 442 g/mol. The van der Waals surface area contributed by atoms with Crippen LogP contribution >= 0.6 is 0 Å². The Kier molecular flexibility index (Phi) is 6.17. The number of anilines is 1. The first-order valence-corrected chi connectivity index (χ1v) is 10.3. The average Bonchev–Trinajstić information content (AvgIpc) is 3.13. The van der Waals surface area contributed by atoms with Crippen LogP contribution in [0.1, 0.15) is 29.4 Å². The number of carbonyl (C=O) groups is 1. The van der Waals surface area contributed by atoms with Gasteiger partial charge in [-0.1, -0.05) is 36.4 Å². The van der Waals surface area contributed by atoms with Gasteiger partial charge in [0, 0.05) is 24.9 Å². The summed E-state index contributed by atoms with van der Waals surface area (Å²) < 4.78 is 7.66. The normalized spacial score (nSPS) is 11.1. The number of imidazole rings is 1. The van der Waals surface area contributed by atoms with Gasteiger partial charge in [-0.05, 0) is 48.4 Å². The lowest BCUT2D eigenvalue weighted by atomic mass is 10.1. The van der Waals surface area contributed by atoms with Gasteiger partial charge in [0.1, 0.15) is 6.61 Å². The minimum Gasteiger partial charge on any atom is -0.482 e. The molecule has 0 atom stereocenters. The number of carbonyl (C=O) groups excluding carboxylic acids is 1. The van der Waals surface area contributed by atoms with Gasteiger partial charge in [-0.3, -0.25) is 14.9 Å². The Balaban J connectivity index is 1.62. The van der Waals surface area contributed by atoms with Crippen molar-refractivity contribution in [2.75, 3.05) is 5.32 Å². The average molecular weight is 442 g/mol. The molecule has 2 heterocycles. The molecule has 2 aromatic heterocycles. The van der Waals surface area contributed by atoms with E-state index in [0.29, 0.717) is 11.3 Å². The molecule has 0 fully saturated rings. The molecule has 0 saturated heterocycles. The van der Waals surface area contributed by atoms with E-state index in [-0.39, 0.29) is 24.0 Å². The summed E-state index contributed by atoms with van der Waals surface area (Å²) in [6.45, 7) is 3.61. The third kappa shape index (κ3) is 4.90.